The molecule has 0 spiro atoms. The molecule has 0 aromatic carbocycles. The number of rotatable bonds is 5. The molecule has 0 saturated heterocycles. The summed E-state index contributed by atoms with van der Waals surface area (Å²) >= 11 is 0. The van der Waals surface area contributed by atoms with Crippen LogP contribution in [0.5, 0.6) is 0 Å². The van der Waals surface area contributed by atoms with E-state index in [2.05, 4.69) is 15.3 Å². The number of aryl methyl sites for hydroxylation is 1. The van der Waals surface area contributed by atoms with Crippen molar-refractivity contribution >= 4 is 23.3 Å². The minimum atomic E-state index is -4.49. The fraction of sp³-hybridized carbons (Fsp3) is 0.368. The molecule has 3 N–H and O–H groups in total. The van der Waals surface area contributed by atoms with Gasteiger partial charge in [-0.2, -0.15) is 13.2 Å². The van der Waals surface area contributed by atoms with Gasteiger partial charge in [-0.3, -0.25) is 14.6 Å². The van der Waals surface area contributed by atoms with Crippen molar-refractivity contribution in [3.8, 4) is 0 Å². The summed E-state index contributed by atoms with van der Waals surface area (Å²) in [5, 5.41) is 2.48. The van der Waals surface area contributed by atoms with Crippen molar-refractivity contribution < 1.29 is 22.8 Å². The number of nitrogens with one attached hydrogen (secondary N) is 1. The van der Waals surface area contributed by atoms with Gasteiger partial charge >= 0.3 is 18.0 Å². The highest BCUT2D eigenvalue weighted by atomic mass is 19.4. The van der Waals surface area contributed by atoms with Crippen molar-refractivity contribution in [1.29, 1.82) is 0 Å². The van der Waals surface area contributed by atoms with Crippen LogP contribution in [0, 0.1) is 12.8 Å². The monoisotopic (exact) mass is 407 g/mol. The van der Waals surface area contributed by atoms with E-state index in [9.17, 15) is 22.8 Å². The van der Waals surface area contributed by atoms with E-state index in [0.29, 0.717) is 23.6 Å². The maximum absolute atomic E-state index is 12.7. The number of pyridine rings is 2. The fourth-order valence-electron chi connectivity index (χ4n) is 2.69. The molecule has 3 rings (SSSR count). The summed E-state index contributed by atoms with van der Waals surface area (Å²) < 4.78 is 38.1. The number of aromatic nitrogens is 2. The topological polar surface area (TPSA) is 101 Å². The maximum Gasteiger partial charge on any atom is 0.417 e. The number of hydrogen-bond acceptors (Lipinski definition) is 5. The summed E-state index contributed by atoms with van der Waals surface area (Å²) in [5.41, 5.74) is 6.01. The zero-order valence-electron chi connectivity index (χ0n) is 15.7. The number of carbonyl (C=O) groups excluding carboxylic acids is 2. The zero-order chi connectivity index (χ0) is 21.2. The van der Waals surface area contributed by atoms with E-state index >= 15 is 0 Å². The number of halogens is 3. The minimum Gasteiger partial charge on any atom is -0.383 e. The number of nitrogen functional groups attached to an aromatic ring is 1. The number of carbonyl (C=O) groups is 2. The SMILES string of the molecule is Cc1cc(NC(=O)C(=O)N(Cc2ccc(C(F)(F)F)cn2)CC2CC2)cnc1N. The molecule has 1 saturated carbocycles. The van der Waals surface area contributed by atoms with Crippen LogP contribution in [0.3, 0.4) is 0 Å². The van der Waals surface area contributed by atoms with Gasteiger partial charge in [0.05, 0.1) is 29.7 Å². The smallest absolute Gasteiger partial charge is 0.383 e. The summed E-state index contributed by atoms with van der Waals surface area (Å²) in [6.45, 7) is 2.00. The van der Waals surface area contributed by atoms with Crippen molar-refractivity contribution in [2.75, 3.05) is 17.6 Å². The van der Waals surface area contributed by atoms with E-state index in [1.165, 1.54) is 17.2 Å². The Balaban J connectivity index is 1.70. The molecule has 2 aromatic heterocycles. The second kappa shape index (κ2) is 8.06. The molecule has 0 atom stereocenters. The van der Waals surface area contributed by atoms with Gasteiger partial charge in [0.2, 0.25) is 0 Å². The third-order valence-corrected chi connectivity index (χ3v) is 4.54. The van der Waals surface area contributed by atoms with Gasteiger partial charge < -0.3 is 16.0 Å². The number of amides is 2. The van der Waals surface area contributed by atoms with Crippen molar-refractivity contribution in [3.05, 3.63) is 47.4 Å². The molecule has 1 aliphatic carbocycles. The van der Waals surface area contributed by atoms with E-state index < -0.39 is 23.6 Å². The van der Waals surface area contributed by atoms with Gasteiger partial charge in [0.1, 0.15) is 5.82 Å². The highest BCUT2D eigenvalue weighted by Gasteiger charge is 2.32. The molecule has 1 aliphatic rings. The van der Waals surface area contributed by atoms with Crippen LogP contribution in [0.2, 0.25) is 0 Å². The number of nitrogens with two attached hydrogens (primary N) is 1. The minimum absolute atomic E-state index is 0.0556. The van der Waals surface area contributed by atoms with Crippen LogP contribution in [0.1, 0.15) is 29.7 Å². The summed E-state index contributed by atoms with van der Waals surface area (Å²) in [4.78, 5) is 34.1. The maximum atomic E-state index is 12.7. The normalized spacial score (nSPS) is 13.8. The Morgan fingerprint density at radius 3 is 2.52 bits per heavy atom. The lowest BCUT2D eigenvalue weighted by molar-refractivity contribution is -0.143. The molecule has 2 heterocycles. The third kappa shape index (κ3) is 5.43. The van der Waals surface area contributed by atoms with Gasteiger partial charge in [-0.15, -0.1) is 0 Å². The van der Waals surface area contributed by atoms with Crippen molar-refractivity contribution in [1.82, 2.24) is 14.9 Å². The van der Waals surface area contributed by atoms with Crippen LogP contribution in [-0.4, -0.2) is 33.2 Å². The first kappa shape index (κ1) is 20.6. The summed E-state index contributed by atoms with van der Waals surface area (Å²) in [6.07, 6.45) is -0.547. The Morgan fingerprint density at radius 1 is 1.24 bits per heavy atom. The van der Waals surface area contributed by atoms with Gasteiger partial charge in [-0.1, -0.05) is 0 Å². The molecule has 0 bridgehead atoms. The van der Waals surface area contributed by atoms with Gasteiger partial charge in [-0.25, -0.2) is 4.98 Å². The first-order chi connectivity index (χ1) is 13.6. The quantitative estimate of drug-likeness (QED) is 0.743. The average molecular weight is 407 g/mol. The van der Waals surface area contributed by atoms with Crippen LogP contribution < -0.4 is 11.1 Å². The Morgan fingerprint density at radius 2 is 1.97 bits per heavy atom. The van der Waals surface area contributed by atoms with E-state index in [4.69, 9.17) is 5.73 Å². The van der Waals surface area contributed by atoms with E-state index in [1.54, 1.807) is 13.0 Å². The highest BCUT2D eigenvalue weighted by molar-refractivity contribution is 6.39. The summed E-state index contributed by atoms with van der Waals surface area (Å²) in [5.74, 6) is -1.05. The second-order valence-electron chi connectivity index (χ2n) is 7.05. The van der Waals surface area contributed by atoms with Crippen molar-refractivity contribution in [2.24, 2.45) is 5.92 Å². The highest BCUT2D eigenvalue weighted by Crippen LogP contribution is 2.31. The lowest BCUT2D eigenvalue weighted by atomic mass is 10.2. The molecule has 29 heavy (non-hydrogen) atoms. The Labute approximate surface area is 165 Å². The second-order valence-corrected chi connectivity index (χ2v) is 7.05. The molecule has 2 aromatic rings. The largest absolute Gasteiger partial charge is 0.417 e. The number of hydrogen-bond donors (Lipinski definition) is 2. The molecule has 2 amide bonds. The number of anilines is 2. The first-order valence-corrected chi connectivity index (χ1v) is 8.98. The molecular weight excluding hydrogens is 387 g/mol. The molecular formula is C19H20F3N5O2. The summed E-state index contributed by atoms with van der Waals surface area (Å²) in [6, 6.07) is 3.71. The molecule has 10 heteroatoms. The molecule has 0 aliphatic heterocycles. The fourth-order valence-corrected chi connectivity index (χ4v) is 2.69. The molecule has 154 valence electrons. The predicted octanol–water partition coefficient (Wildman–Crippen LogP) is 2.76. The molecule has 0 unspecified atom stereocenters. The van der Waals surface area contributed by atoms with Gasteiger partial charge in [0.15, 0.2) is 0 Å². The van der Waals surface area contributed by atoms with Crippen LogP contribution >= 0.6 is 0 Å². The van der Waals surface area contributed by atoms with Gasteiger partial charge in [0.25, 0.3) is 0 Å². The molecule has 1 fully saturated rings. The number of nitrogens with zero attached hydrogens (tertiary/aromatic N) is 3. The summed E-state index contributed by atoms with van der Waals surface area (Å²) in [7, 11) is 0. The predicted molar refractivity (Wildman–Crippen MR) is 99.4 cm³/mol. The zero-order valence-corrected chi connectivity index (χ0v) is 15.7. The van der Waals surface area contributed by atoms with E-state index in [1.807, 2.05) is 0 Å². The average Bonchev–Trinajstić information content (AvgIpc) is 3.47. The van der Waals surface area contributed by atoms with Crippen LogP contribution in [0.4, 0.5) is 24.7 Å². The van der Waals surface area contributed by atoms with Crippen molar-refractivity contribution in [2.45, 2.75) is 32.5 Å². The van der Waals surface area contributed by atoms with Crippen LogP contribution in [-0.2, 0) is 22.3 Å². The van der Waals surface area contributed by atoms with E-state index in [0.717, 1.165) is 25.1 Å². The third-order valence-electron chi connectivity index (χ3n) is 4.54. The molecule has 0 radical (unpaired) electrons. The van der Waals surface area contributed by atoms with Gasteiger partial charge in [-0.05, 0) is 49.4 Å². The Bertz CT molecular complexity index is 911. The van der Waals surface area contributed by atoms with E-state index in [-0.39, 0.29) is 18.2 Å². The van der Waals surface area contributed by atoms with Gasteiger partial charge in [0, 0.05) is 12.7 Å². The lowest BCUT2D eigenvalue weighted by Gasteiger charge is -2.22. The Kier molecular flexibility index (Phi) is 5.71. The first-order valence-electron chi connectivity index (χ1n) is 8.98. The van der Waals surface area contributed by atoms with Crippen molar-refractivity contribution in [3.63, 3.8) is 0 Å². The Hall–Kier alpha value is -3.17. The van der Waals surface area contributed by atoms with Crippen LogP contribution in [0.15, 0.2) is 30.6 Å². The standard InChI is InChI=1S/C19H20F3N5O2/c1-11-6-15(8-25-16(11)23)26-17(28)18(29)27(9-12-2-3-12)10-14-5-4-13(7-24-14)19(20,21)22/h4-8,12H,2-3,9-10H2,1H3,(H2,23,25)(H,26,28). The lowest BCUT2D eigenvalue weighted by Crippen LogP contribution is -2.40. The molecule has 7 nitrogen and oxygen atoms in total. The number of alkyl halides is 3. The van der Waals surface area contributed by atoms with Crippen LogP contribution in [0.25, 0.3) is 0 Å².